The van der Waals surface area contributed by atoms with Crippen LogP contribution < -0.4 is 0 Å². The van der Waals surface area contributed by atoms with Gasteiger partial charge in [-0.1, -0.05) is 0 Å². The molecule has 5 heteroatoms. The third-order valence-electron chi connectivity index (χ3n) is 4.04. The van der Waals surface area contributed by atoms with Gasteiger partial charge in [-0.15, -0.1) is 0 Å². The zero-order valence-corrected chi connectivity index (χ0v) is 11.0. The van der Waals surface area contributed by atoms with Crippen LogP contribution in [-0.4, -0.2) is 53.3 Å². The second-order valence-electron chi connectivity index (χ2n) is 5.15. The second-order valence-corrected chi connectivity index (χ2v) is 5.15. The summed E-state index contributed by atoms with van der Waals surface area (Å²) in [4.78, 5) is 2.49. The van der Waals surface area contributed by atoms with Crippen molar-refractivity contribution in [1.29, 1.82) is 0 Å². The molecule has 1 spiro atoms. The van der Waals surface area contributed by atoms with E-state index in [2.05, 4.69) is 16.1 Å². The lowest BCUT2D eigenvalue weighted by Gasteiger charge is -2.37. The van der Waals surface area contributed by atoms with E-state index < -0.39 is 0 Å². The SMILES string of the molecule is Cn1nccc1CCN1CCC2(CC1)OCCO2. The normalized spacial score (nSPS) is 23.8. The van der Waals surface area contributed by atoms with E-state index in [1.165, 1.54) is 5.69 Å². The Morgan fingerprint density at radius 3 is 2.61 bits per heavy atom. The van der Waals surface area contributed by atoms with Gasteiger partial charge in [0, 0.05) is 57.8 Å². The van der Waals surface area contributed by atoms with E-state index in [1.54, 1.807) is 0 Å². The number of nitrogens with zero attached hydrogens (tertiary/aromatic N) is 3. The zero-order valence-electron chi connectivity index (χ0n) is 11.0. The minimum atomic E-state index is -0.247. The standard InChI is InChI=1S/C13H21N3O2/c1-15-12(2-6-14-15)3-7-16-8-4-13(5-9-16)17-10-11-18-13/h2,6H,3-5,7-11H2,1H3. The van der Waals surface area contributed by atoms with Crippen molar-refractivity contribution in [3.8, 4) is 0 Å². The van der Waals surface area contributed by atoms with Crippen LogP contribution in [0.3, 0.4) is 0 Å². The van der Waals surface area contributed by atoms with Crippen LogP contribution in [0.15, 0.2) is 12.3 Å². The molecule has 18 heavy (non-hydrogen) atoms. The number of hydrogen-bond acceptors (Lipinski definition) is 4. The van der Waals surface area contributed by atoms with Crippen molar-refractivity contribution in [2.24, 2.45) is 7.05 Å². The first-order chi connectivity index (χ1) is 8.77. The first-order valence-corrected chi connectivity index (χ1v) is 6.75. The number of aryl methyl sites for hydroxylation is 1. The Labute approximate surface area is 108 Å². The van der Waals surface area contributed by atoms with Crippen molar-refractivity contribution in [1.82, 2.24) is 14.7 Å². The Kier molecular flexibility index (Phi) is 3.37. The molecule has 0 saturated carbocycles. The average molecular weight is 251 g/mol. The number of likely N-dealkylation sites (tertiary alicyclic amines) is 1. The lowest BCUT2D eigenvalue weighted by atomic mass is 10.0. The summed E-state index contributed by atoms with van der Waals surface area (Å²) in [5, 5.41) is 4.20. The van der Waals surface area contributed by atoms with Crippen LogP contribution in [-0.2, 0) is 22.9 Å². The third-order valence-corrected chi connectivity index (χ3v) is 4.04. The van der Waals surface area contributed by atoms with Gasteiger partial charge in [-0.05, 0) is 6.07 Å². The molecule has 2 aliphatic heterocycles. The van der Waals surface area contributed by atoms with Crippen molar-refractivity contribution >= 4 is 0 Å². The lowest BCUT2D eigenvalue weighted by Crippen LogP contribution is -2.45. The van der Waals surface area contributed by atoms with E-state index in [9.17, 15) is 0 Å². The van der Waals surface area contributed by atoms with Crippen LogP contribution in [0.5, 0.6) is 0 Å². The Balaban J connectivity index is 1.47. The molecule has 0 aromatic carbocycles. The highest BCUT2D eigenvalue weighted by molar-refractivity contribution is 5.00. The van der Waals surface area contributed by atoms with Gasteiger partial charge in [0.2, 0.25) is 0 Å². The van der Waals surface area contributed by atoms with Crippen LogP contribution in [0, 0.1) is 0 Å². The molecule has 100 valence electrons. The third kappa shape index (κ3) is 2.43. The molecule has 2 aliphatic rings. The van der Waals surface area contributed by atoms with E-state index in [1.807, 2.05) is 17.9 Å². The molecule has 2 fully saturated rings. The summed E-state index contributed by atoms with van der Waals surface area (Å²) in [6, 6.07) is 2.09. The van der Waals surface area contributed by atoms with Crippen molar-refractivity contribution in [3.63, 3.8) is 0 Å². The molecule has 5 nitrogen and oxygen atoms in total. The summed E-state index contributed by atoms with van der Waals surface area (Å²) in [6.45, 7) is 4.75. The number of piperidine rings is 1. The van der Waals surface area contributed by atoms with Gasteiger partial charge in [-0.2, -0.15) is 5.10 Å². The highest BCUT2D eigenvalue weighted by Crippen LogP contribution is 2.31. The molecular formula is C13H21N3O2. The summed E-state index contributed by atoms with van der Waals surface area (Å²) in [5.41, 5.74) is 1.30. The Morgan fingerprint density at radius 2 is 2.00 bits per heavy atom. The summed E-state index contributed by atoms with van der Waals surface area (Å²) in [5.74, 6) is -0.247. The summed E-state index contributed by atoms with van der Waals surface area (Å²) in [6.07, 6.45) is 4.92. The molecule has 3 rings (SSSR count). The Bertz CT molecular complexity index is 389. The molecule has 1 aromatic heterocycles. The van der Waals surface area contributed by atoms with Gasteiger partial charge in [0.05, 0.1) is 13.2 Å². The Hall–Kier alpha value is -0.910. The van der Waals surface area contributed by atoms with E-state index in [-0.39, 0.29) is 5.79 Å². The Morgan fingerprint density at radius 1 is 1.28 bits per heavy atom. The van der Waals surface area contributed by atoms with Crippen LogP contribution in [0.25, 0.3) is 0 Å². The van der Waals surface area contributed by atoms with Crippen molar-refractivity contribution < 1.29 is 9.47 Å². The molecule has 0 amide bonds. The number of ether oxygens (including phenoxy) is 2. The predicted octanol–water partition coefficient (Wildman–Crippen LogP) is 0.802. The quantitative estimate of drug-likeness (QED) is 0.796. The minimum Gasteiger partial charge on any atom is -0.347 e. The lowest BCUT2D eigenvalue weighted by molar-refractivity contribution is -0.185. The maximum atomic E-state index is 5.74. The van der Waals surface area contributed by atoms with Crippen molar-refractivity contribution in [2.75, 3.05) is 32.8 Å². The van der Waals surface area contributed by atoms with Gasteiger partial charge in [-0.25, -0.2) is 0 Å². The van der Waals surface area contributed by atoms with Gasteiger partial charge in [0.1, 0.15) is 0 Å². The van der Waals surface area contributed by atoms with Crippen LogP contribution in [0.4, 0.5) is 0 Å². The summed E-state index contributed by atoms with van der Waals surface area (Å²) >= 11 is 0. The van der Waals surface area contributed by atoms with Crippen molar-refractivity contribution in [3.05, 3.63) is 18.0 Å². The first-order valence-electron chi connectivity index (χ1n) is 6.75. The first kappa shape index (κ1) is 12.1. The fraction of sp³-hybridized carbons (Fsp3) is 0.769. The molecule has 0 atom stereocenters. The highest BCUT2D eigenvalue weighted by Gasteiger charge is 2.39. The number of aromatic nitrogens is 2. The topological polar surface area (TPSA) is 39.5 Å². The largest absolute Gasteiger partial charge is 0.347 e. The molecular weight excluding hydrogens is 230 g/mol. The predicted molar refractivity (Wildman–Crippen MR) is 67.2 cm³/mol. The molecule has 2 saturated heterocycles. The van der Waals surface area contributed by atoms with Crippen LogP contribution in [0.1, 0.15) is 18.5 Å². The second kappa shape index (κ2) is 4.99. The molecule has 0 unspecified atom stereocenters. The maximum absolute atomic E-state index is 5.74. The minimum absolute atomic E-state index is 0.247. The molecule has 0 bridgehead atoms. The van der Waals surface area contributed by atoms with Gasteiger partial charge < -0.3 is 14.4 Å². The van der Waals surface area contributed by atoms with Gasteiger partial charge >= 0.3 is 0 Å². The summed E-state index contributed by atoms with van der Waals surface area (Å²) < 4.78 is 13.4. The average Bonchev–Trinajstić information content (AvgIpc) is 2.99. The molecule has 3 heterocycles. The number of hydrogen-bond donors (Lipinski definition) is 0. The maximum Gasteiger partial charge on any atom is 0.170 e. The van der Waals surface area contributed by atoms with Gasteiger partial charge in [0.25, 0.3) is 0 Å². The molecule has 0 aliphatic carbocycles. The van der Waals surface area contributed by atoms with Crippen LogP contribution >= 0.6 is 0 Å². The van der Waals surface area contributed by atoms with Crippen molar-refractivity contribution in [2.45, 2.75) is 25.0 Å². The van der Waals surface area contributed by atoms with E-state index in [0.29, 0.717) is 0 Å². The van der Waals surface area contributed by atoms with E-state index in [4.69, 9.17) is 9.47 Å². The fourth-order valence-electron chi connectivity index (χ4n) is 2.82. The number of rotatable bonds is 3. The smallest absolute Gasteiger partial charge is 0.170 e. The fourth-order valence-corrected chi connectivity index (χ4v) is 2.82. The zero-order chi connectivity index (χ0) is 12.4. The molecule has 0 N–H and O–H groups in total. The van der Waals surface area contributed by atoms with E-state index >= 15 is 0 Å². The van der Waals surface area contributed by atoms with Gasteiger partial charge in [-0.3, -0.25) is 4.68 Å². The monoisotopic (exact) mass is 251 g/mol. The highest BCUT2D eigenvalue weighted by atomic mass is 16.7. The molecule has 0 radical (unpaired) electrons. The van der Waals surface area contributed by atoms with Crippen LogP contribution in [0.2, 0.25) is 0 Å². The summed E-state index contributed by atoms with van der Waals surface area (Å²) in [7, 11) is 2.00. The molecule has 1 aromatic rings. The van der Waals surface area contributed by atoms with Gasteiger partial charge in [0.15, 0.2) is 5.79 Å². The van der Waals surface area contributed by atoms with E-state index in [0.717, 1.165) is 52.1 Å².